The van der Waals surface area contributed by atoms with E-state index in [1.54, 1.807) is 14.2 Å². The van der Waals surface area contributed by atoms with Gasteiger partial charge in [-0.25, -0.2) is 0 Å². The molecule has 0 saturated carbocycles. The predicted molar refractivity (Wildman–Crippen MR) is 102 cm³/mol. The average molecular weight is 348 g/mol. The van der Waals surface area contributed by atoms with Crippen molar-refractivity contribution in [3.63, 3.8) is 0 Å². The molecule has 2 saturated heterocycles. The Labute approximate surface area is 152 Å². The van der Waals surface area contributed by atoms with E-state index in [0.29, 0.717) is 0 Å². The molecule has 3 rings (SSSR count). The summed E-state index contributed by atoms with van der Waals surface area (Å²) in [5, 5.41) is 0. The zero-order chi connectivity index (χ0) is 17.6. The highest BCUT2D eigenvalue weighted by molar-refractivity contribution is 5.46. The van der Waals surface area contributed by atoms with Crippen molar-refractivity contribution in [2.45, 2.75) is 31.8 Å². The zero-order valence-electron chi connectivity index (χ0n) is 16.0. The van der Waals surface area contributed by atoms with Crippen LogP contribution in [-0.2, 0) is 6.54 Å². The Morgan fingerprint density at radius 1 is 0.960 bits per heavy atom. The number of rotatable bonds is 6. The Bertz CT molecular complexity index is 544. The number of ether oxygens (including phenoxy) is 2. The van der Waals surface area contributed by atoms with Crippen LogP contribution in [-0.4, -0.2) is 81.3 Å². The van der Waals surface area contributed by atoms with Gasteiger partial charge in [-0.3, -0.25) is 9.80 Å². The molecule has 0 bridgehead atoms. The molecule has 0 aliphatic carbocycles. The Kier molecular flexibility index (Phi) is 6.57. The molecule has 1 unspecified atom stereocenters. The number of piperazine rings is 1. The highest BCUT2D eigenvalue weighted by atomic mass is 16.5. The molecule has 1 aromatic carbocycles. The van der Waals surface area contributed by atoms with E-state index in [1.165, 1.54) is 37.9 Å². The topological polar surface area (TPSA) is 28.2 Å². The minimum Gasteiger partial charge on any atom is -0.493 e. The minimum atomic E-state index is 0.749. The number of methoxy groups -OCH3 is 2. The smallest absolute Gasteiger partial charge is 0.165 e. The number of likely N-dealkylation sites (tertiary alicyclic amines) is 1. The fraction of sp³-hybridized carbons (Fsp3) is 0.700. The summed E-state index contributed by atoms with van der Waals surface area (Å²) >= 11 is 0. The van der Waals surface area contributed by atoms with Gasteiger partial charge in [0.15, 0.2) is 11.5 Å². The van der Waals surface area contributed by atoms with Crippen molar-refractivity contribution in [3.05, 3.63) is 23.8 Å². The molecule has 0 spiro atoms. The minimum absolute atomic E-state index is 0.749. The molecule has 2 aliphatic rings. The first-order chi connectivity index (χ1) is 12.2. The summed E-state index contributed by atoms with van der Waals surface area (Å²) in [6, 6.07) is 6.90. The molecule has 0 amide bonds. The summed E-state index contributed by atoms with van der Waals surface area (Å²) in [6.45, 7) is 7.99. The summed E-state index contributed by atoms with van der Waals surface area (Å²) in [6.07, 6.45) is 4.12. The van der Waals surface area contributed by atoms with Crippen LogP contribution in [0, 0.1) is 0 Å². The lowest BCUT2D eigenvalue weighted by Gasteiger charge is -2.40. The van der Waals surface area contributed by atoms with Crippen LogP contribution in [0.1, 0.15) is 24.8 Å². The molecule has 0 N–H and O–H groups in total. The number of para-hydroxylation sites is 1. The Balaban J connectivity index is 1.51. The number of benzene rings is 1. The largest absolute Gasteiger partial charge is 0.493 e. The van der Waals surface area contributed by atoms with Gasteiger partial charge in [-0.1, -0.05) is 18.6 Å². The number of hydrogen-bond donors (Lipinski definition) is 0. The third kappa shape index (κ3) is 4.66. The first-order valence-corrected chi connectivity index (χ1v) is 9.56. The van der Waals surface area contributed by atoms with E-state index in [2.05, 4.69) is 27.8 Å². The van der Waals surface area contributed by atoms with E-state index in [1.807, 2.05) is 12.1 Å². The first-order valence-electron chi connectivity index (χ1n) is 9.56. The van der Waals surface area contributed by atoms with Crippen LogP contribution in [0.25, 0.3) is 0 Å². The number of nitrogens with zero attached hydrogens (tertiary/aromatic N) is 3. The molecule has 2 heterocycles. The molecule has 25 heavy (non-hydrogen) atoms. The Morgan fingerprint density at radius 3 is 2.40 bits per heavy atom. The molecule has 0 radical (unpaired) electrons. The fourth-order valence-electron chi connectivity index (χ4n) is 4.12. The number of likely N-dealkylation sites (N-methyl/N-ethyl adjacent to an activating group) is 1. The zero-order valence-corrected chi connectivity index (χ0v) is 16.0. The van der Waals surface area contributed by atoms with E-state index in [4.69, 9.17) is 9.47 Å². The molecule has 5 nitrogen and oxygen atoms in total. The van der Waals surface area contributed by atoms with Crippen LogP contribution in [0.4, 0.5) is 0 Å². The van der Waals surface area contributed by atoms with Crippen molar-refractivity contribution in [1.29, 1.82) is 0 Å². The molecule has 5 heteroatoms. The summed E-state index contributed by atoms with van der Waals surface area (Å²) in [5.74, 6) is 1.69. The van der Waals surface area contributed by atoms with Gasteiger partial charge in [0.1, 0.15) is 0 Å². The molecule has 0 aromatic heterocycles. The Morgan fingerprint density at radius 2 is 1.72 bits per heavy atom. The van der Waals surface area contributed by atoms with Gasteiger partial charge in [-0.15, -0.1) is 0 Å². The fourth-order valence-corrected chi connectivity index (χ4v) is 4.12. The lowest BCUT2D eigenvalue weighted by atomic mass is 10.0. The van der Waals surface area contributed by atoms with Crippen molar-refractivity contribution in [2.24, 2.45) is 0 Å². The Hall–Kier alpha value is -1.30. The van der Waals surface area contributed by atoms with Crippen molar-refractivity contribution in [1.82, 2.24) is 14.7 Å². The molecular weight excluding hydrogens is 314 g/mol. The highest BCUT2D eigenvalue weighted by Crippen LogP contribution is 2.31. The van der Waals surface area contributed by atoms with Crippen molar-refractivity contribution >= 4 is 0 Å². The second-order valence-electron chi connectivity index (χ2n) is 7.36. The molecule has 140 valence electrons. The van der Waals surface area contributed by atoms with Gasteiger partial charge in [-0.2, -0.15) is 0 Å². The maximum atomic E-state index is 5.57. The summed E-state index contributed by atoms with van der Waals surface area (Å²) in [7, 11) is 5.71. The lowest BCUT2D eigenvalue weighted by Crippen LogP contribution is -2.51. The maximum absolute atomic E-state index is 5.57. The molecule has 2 fully saturated rings. The SMILES string of the molecule is COc1cccc(CN2CCN(CC3CCCCN3C)CC2)c1OC. The molecule has 2 aliphatic heterocycles. The van der Waals surface area contributed by atoms with Crippen molar-refractivity contribution in [3.8, 4) is 11.5 Å². The predicted octanol–water partition coefficient (Wildman–Crippen LogP) is 2.31. The first kappa shape index (κ1) is 18.5. The van der Waals surface area contributed by atoms with Gasteiger partial charge in [-0.05, 0) is 32.5 Å². The van der Waals surface area contributed by atoms with Crippen molar-refractivity contribution < 1.29 is 9.47 Å². The van der Waals surface area contributed by atoms with Gasteiger partial charge in [0.2, 0.25) is 0 Å². The quantitative estimate of drug-likeness (QED) is 0.787. The lowest BCUT2D eigenvalue weighted by molar-refractivity contribution is 0.0814. The highest BCUT2D eigenvalue weighted by Gasteiger charge is 2.24. The van der Waals surface area contributed by atoms with E-state index in [9.17, 15) is 0 Å². The number of hydrogen-bond acceptors (Lipinski definition) is 5. The van der Waals surface area contributed by atoms with Gasteiger partial charge >= 0.3 is 0 Å². The van der Waals surface area contributed by atoms with Gasteiger partial charge in [0, 0.05) is 50.9 Å². The average Bonchev–Trinajstić information content (AvgIpc) is 2.65. The summed E-state index contributed by atoms with van der Waals surface area (Å²) in [5.41, 5.74) is 1.21. The number of piperidine rings is 1. The van der Waals surface area contributed by atoms with Crippen LogP contribution in [0.5, 0.6) is 11.5 Å². The van der Waals surface area contributed by atoms with Gasteiger partial charge in [0.25, 0.3) is 0 Å². The van der Waals surface area contributed by atoms with Crippen LogP contribution in [0.2, 0.25) is 0 Å². The van der Waals surface area contributed by atoms with Gasteiger partial charge in [0.05, 0.1) is 14.2 Å². The summed E-state index contributed by atoms with van der Waals surface area (Å²) in [4.78, 5) is 7.72. The van der Waals surface area contributed by atoms with E-state index < -0.39 is 0 Å². The van der Waals surface area contributed by atoms with Crippen LogP contribution in [0.3, 0.4) is 0 Å². The van der Waals surface area contributed by atoms with E-state index >= 15 is 0 Å². The van der Waals surface area contributed by atoms with Gasteiger partial charge < -0.3 is 14.4 Å². The van der Waals surface area contributed by atoms with Crippen LogP contribution >= 0.6 is 0 Å². The van der Waals surface area contributed by atoms with Crippen LogP contribution < -0.4 is 9.47 Å². The third-order valence-corrected chi connectivity index (χ3v) is 5.73. The van der Waals surface area contributed by atoms with Crippen LogP contribution in [0.15, 0.2) is 18.2 Å². The molecule has 1 atom stereocenters. The normalized spacial score (nSPS) is 23.6. The standard InChI is InChI=1S/C20H33N3O2/c1-21-10-5-4-8-18(21)16-23-13-11-22(12-14-23)15-17-7-6-9-19(24-2)20(17)25-3/h6-7,9,18H,4-5,8,10-16H2,1-3H3. The summed E-state index contributed by atoms with van der Waals surface area (Å²) < 4.78 is 11.0. The maximum Gasteiger partial charge on any atom is 0.165 e. The second kappa shape index (κ2) is 8.88. The molecular formula is C20H33N3O2. The monoisotopic (exact) mass is 347 g/mol. The van der Waals surface area contributed by atoms with Crippen molar-refractivity contribution in [2.75, 3.05) is 60.5 Å². The van der Waals surface area contributed by atoms with E-state index in [-0.39, 0.29) is 0 Å². The molecule has 1 aromatic rings. The third-order valence-electron chi connectivity index (χ3n) is 5.73. The van der Waals surface area contributed by atoms with E-state index in [0.717, 1.165) is 50.3 Å². The second-order valence-corrected chi connectivity index (χ2v) is 7.36.